The number of amides is 3. The summed E-state index contributed by atoms with van der Waals surface area (Å²) >= 11 is 11.9. The molecular formula is C18H14Cl2N2O3. The van der Waals surface area contributed by atoms with Gasteiger partial charge in [-0.2, -0.15) is 0 Å². The molecule has 0 atom stereocenters. The Morgan fingerprint density at radius 2 is 1.88 bits per heavy atom. The molecule has 0 radical (unpaired) electrons. The van der Waals surface area contributed by atoms with Crippen molar-refractivity contribution in [2.24, 2.45) is 0 Å². The third kappa shape index (κ3) is 3.38. The summed E-state index contributed by atoms with van der Waals surface area (Å²) in [4.78, 5) is 37.9. The van der Waals surface area contributed by atoms with Crippen LogP contribution in [0.15, 0.2) is 36.4 Å². The Morgan fingerprint density at radius 1 is 1.12 bits per heavy atom. The van der Waals surface area contributed by atoms with Crippen molar-refractivity contribution >= 4 is 46.6 Å². The van der Waals surface area contributed by atoms with Gasteiger partial charge in [-0.25, -0.2) is 0 Å². The quantitative estimate of drug-likeness (QED) is 0.822. The summed E-state index contributed by atoms with van der Waals surface area (Å²) in [5.41, 5.74) is 1.93. The van der Waals surface area contributed by atoms with Crippen LogP contribution in [-0.4, -0.2) is 29.2 Å². The summed E-state index contributed by atoms with van der Waals surface area (Å²) in [6.07, 6.45) is -0.00878. The number of carbonyl (C=O) groups excluding carboxylic acids is 3. The molecule has 0 spiro atoms. The van der Waals surface area contributed by atoms with E-state index in [4.69, 9.17) is 23.2 Å². The van der Waals surface area contributed by atoms with Crippen LogP contribution in [0.1, 0.15) is 32.7 Å². The highest BCUT2D eigenvalue weighted by Crippen LogP contribution is 2.29. The van der Waals surface area contributed by atoms with Gasteiger partial charge in [0, 0.05) is 23.7 Å². The summed E-state index contributed by atoms with van der Waals surface area (Å²) in [5.74, 6) is -1.20. The average molecular weight is 377 g/mol. The molecule has 128 valence electrons. The molecule has 1 aliphatic rings. The molecule has 1 aliphatic heterocycles. The number of aryl methyl sites for hydroxylation is 1. The largest absolute Gasteiger partial charge is 0.326 e. The fourth-order valence-corrected chi connectivity index (χ4v) is 3.17. The summed E-state index contributed by atoms with van der Waals surface area (Å²) in [6, 6.07) is 9.85. The van der Waals surface area contributed by atoms with E-state index in [1.54, 1.807) is 36.4 Å². The summed E-state index contributed by atoms with van der Waals surface area (Å²) in [7, 11) is 0. The van der Waals surface area contributed by atoms with E-state index < -0.39 is 11.8 Å². The van der Waals surface area contributed by atoms with Gasteiger partial charge in [-0.1, -0.05) is 29.3 Å². The van der Waals surface area contributed by atoms with Crippen LogP contribution >= 0.6 is 23.2 Å². The van der Waals surface area contributed by atoms with Gasteiger partial charge < -0.3 is 5.32 Å². The van der Waals surface area contributed by atoms with Crippen LogP contribution in [0.5, 0.6) is 0 Å². The van der Waals surface area contributed by atoms with E-state index >= 15 is 0 Å². The highest BCUT2D eigenvalue weighted by molar-refractivity contribution is 6.37. The summed E-state index contributed by atoms with van der Waals surface area (Å²) in [6.45, 7) is 1.81. The number of rotatable bonds is 4. The lowest BCUT2D eigenvalue weighted by Crippen LogP contribution is -2.33. The highest BCUT2D eigenvalue weighted by atomic mass is 35.5. The number of anilines is 1. The second-order valence-corrected chi connectivity index (χ2v) is 6.53. The van der Waals surface area contributed by atoms with Crippen LogP contribution in [0.3, 0.4) is 0 Å². The minimum atomic E-state index is -0.471. The molecule has 3 amide bonds. The zero-order valence-electron chi connectivity index (χ0n) is 13.3. The van der Waals surface area contributed by atoms with Crippen LogP contribution in [0.25, 0.3) is 0 Å². The minimum Gasteiger partial charge on any atom is -0.326 e. The Morgan fingerprint density at radius 3 is 2.56 bits per heavy atom. The molecule has 5 nitrogen and oxygen atoms in total. The van der Waals surface area contributed by atoms with Crippen molar-refractivity contribution in [3.8, 4) is 0 Å². The van der Waals surface area contributed by atoms with Crippen molar-refractivity contribution < 1.29 is 14.4 Å². The Kier molecular flexibility index (Phi) is 4.79. The maximum absolute atomic E-state index is 12.4. The first-order valence-corrected chi connectivity index (χ1v) is 8.35. The molecular weight excluding hydrogens is 363 g/mol. The molecule has 0 saturated carbocycles. The molecule has 0 aromatic heterocycles. The Bertz CT molecular complexity index is 896. The lowest BCUT2D eigenvalue weighted by atomic mass is 10.1. The third-order valence-electron chi connectivity index (χ3n) is 3.97. The van der Waals surface area contributed by atoms with Crippen molar-refractivity contribution in [3.63, 3.8) is 0 Å². The van der Waals surface area contributed by atoms with E-state index in [0.717, 1.165) is 10.5 Å². The topological polar surface area (TPSA) is 66.5 Å². The van der Waals surface area contributed by atoms with Crippen LogP contribution in [0.4, 0.5) is 5.69 Å². The van der Waals surface area contributed by atoms with Crippen molar-refractivity contribution in [2.75, 3.05) is 11.9 Å². The first-order chi connectivity index (χ1) is 11.9. The van der Waals surface area contributed by atoms with Gasteiger partial charge in [-0.05, 0) is 42.8 Å². The normalized spacial score (nSPS) is 13.2. The number of hydrogen-bond acceptors (Lipinski definition) is 3. The van der Waals surface area contributed by atoms with Gasteiger partial charge in [0.25, 0.3) is 11.8 Å². The minimum absolute atomic E-state index is 0.00878. The fourth-order valence-electron chi connectivity index (χ4n) is 2.69. The second kappa shape index (κ2) is 6.86. The maximum Gasteiger partial charge on any atom is 0.263 e. The van der Waals surface area contributed by atoms with Gasteiger partial charge in [-0.3, -0.25) is 19.3 Å². The van der Waals surface area contributed by atoms with Gasteiger partial charge in [-0.15, -0.1) is 0 Å². The fraction of sp³-hybridized carbons (Fsp3) is 0.167. The zero-order valence-corrected chi connectivity index (χ0v) is 14.8. The van der Waals surface area contributed by atoms with Gasteiger partial charge in [0.15, 0.2) is 0 Å². The smallest absolute Gasteiger partial charge is 0.263 e. The maximum atomic E-state index is 12.4. The molecule has 0 unspecified atom stereocenters. The van der Waals surface area contributed by atoms with Crippen LogP contribution in [0.2, 0.25) is 10.0 Å². The molecule has 1 N–H and O–H groups in total. The first-order valence-electron chi connectivity index (χ1n) is 7.59. The summed E-state index contributed by atoms with van der Waals surface area (Å²) in [5, 5.41) is 3.57. The first kappa shape index (κ1) is 17.5. The monoisotopic (exact) mass is 376 g/mol. The third-order valence-corrected chi connectivity index (χ3v) is 4.52. The van der Waals surface area contributed by atoms with E-state index in [0.29, 0.717) is 10.7 Å². The molecule has 7 heteroatoms. The zero-order chi connectivity index (χ0) is 18.1. The number of halogens is 2. The van der Waals surface area contributed by atoms with E-state index in [1.165, 1.54) is 0 Å². The molecule has 25 heavy (non-hydrogen) atoms. The molecule has 0 saturated heterocycles. The molecule has 3 rings (SSSR count). The molecule has 0 bridgehead atoms. The van der Waals surface area contributed by atoms with Crippen LogP contribution in [0, 0.1) is 6.92 Å². The number of hydrogen-bond donors (Lipinski definition) is 1. The lowest BCUT2D eigenvalue weighted by Gasteiger charge is -2.14. The molecule has 1 heterocycles. The number of carbonyl (C=O) groups is 3. The van der Waals surface area contributed by atoms with Crippen LogP contribution < -0.4 is 5.32 Å². The molecule has 0 aliphatic carbocycles. The highest BCUT2D eigenvalue weighted by Gasteiger charge is 2.37. The molecule has 0 fully saturated rings. The van der Waals surface area contributed by atoms with E-state index in [1.807, 2.05) is 6.92 Å². The van der Waals surface area contributed by atoms with E-state index in [9.17, 15) is 14.4 Å². The van der Waals surface area contributed by atoms with Crippen molar-refractivity contribution in [2.45, 2.75) is 13.3 Å². The van der Waals surface area contributed by atoms with E-state index in [2.05, 4.69) is 5.32 Å². The Hall–Kier alpha value is -2.37. The SMILES string of the molecule is Cc1cc(Cl)ccc1NC(=O)CCN1C(=O)c2cccc(Cl)c2C1=O. The predicted molar refractivity (Wildman–Crippen MR) is 96.3 cm³/mol. The van der Waals surface area contributed by atoms with Crippen molar-refractivity contribution in [1.29, 1.82) is 0 Å². The van der Waals surface area contributed by atoms with Gasteiger partial charge >= 0.3 is 0 Å². The summed E-state index contributed by atoms with van der Waals surface area (Å²) < 4.78 is 0. The number of benzene rings is 2. The molecule has 2 aromatic carbocycles. The van der Waals surface area contributed by atoms with Gasteiger partial charge in [0.2, 0.25) is 5.91 Å². The Labute approximate surface area is 154 Å². The van der Waals surface area contributed by atoms with Crippen molar-refractivity contribution in [3.05, 3.63) is 63.1 Å². The lowest BCUT2D eigenvalue weighted by molar-refractivity contribution is -0.116. The average Bonchev–Trinajstić information content (AvgIpc) is 2.80. The second-order valence-electron chi connectivity index (χ2n) is 5.68. The predicted octanol–water partition coefficient (Wildman–Crippen LogP) is 3.93. The van der Waals surface area contributed by atoms with Gasteiger partial charge in [0.1, 0.15) is 0 Å². The number of imide groups is 1. The number of nitrogens with zero attached hydrogens (tertiary/aromatic N) is 1. The molecule has 2 aromatic rings. The van der Waals surface area contributed by atoms with Gasteiger partial charge in [0.05, 0.1) is 16.1 Å². The van der Waals surface area contributed by atoms with Crippen molar-refractivity contribution in [1.82, 2.24) is 4.90 Å². The standard InChI is InChI=1S/C18H14Cl2N2O3/c1-10-9-11(19)5-6-14(10)21-15(23)7-8-22-17(24)12-3-2-4-13(20)16(12)18(22)25/h2-6,9H,7-8H2,1H3,(H,21,23). The van der Waals surface area contributed by atoms with E-state index in [-0.39, 0.29) is 35.0 Å². The number of nitrogens with one attached hydrogen (secondary N) is 1. The number of fused-ring (bicyclic) bond motifs is 1. The Balaban J connectivity index is 1.66. The van der Waals surface area contributed by atoms with Crippen LogP contribution in [-0.2, 0) is 4.79 Å².